The summed E-state index contributed by atoms with van der Waals surface area (Å²) >= 11 is 5.24. The van der Waals surface area contributed by atoms with Gasteiger partial charge in [0, 0.05) is 11.9 Å². The Morgan fingerprint density at radius 1 is 1.50 bits per heavy atom. The molecule has 16 heavy (non-hydrogen) atoms. The van der Waals surface area contributed by atoms with Crippen molar-refractivity contribution in [3.63, 3.8) is 0 Å². The normalized spacial score (nSPS) is 11.2. The molecule has 1 aromatic rings. The predicted octanol–water partition coefficient (Wildman–Crippen LogP) is 1.41. The number of anilines is 1. The standard InChI is InChI=1S/C9H9ClFNO3S/c1-16(14,15)8-3-2-6(4-7(8)11)12-9(13)5-10/h2-4H,5H2,1H3,(H,12,13). The van der Waals surface area contributed by atoms with Gasteiger partial charge >= 0.3 is 0 Å². The summed E-state index contributed by atoms with van der Waals surface area (Å²) in [6, 6.07) is 3.32. The number of sulfone groups is 1. The van der Waals surface area contributed by atoms with Gasteiger partial charge in [0.05, 0.1) is 0 Å². The van der Waals surface area contributed by atoms with E-state index in [2.05, 4.69) is 5.32 Å². The van der Waals surface area contributed by atoms with E-state index >= 15 is 0 Å². The van der Waals surface area contributed by atoms with Crippen LogP contribution in [0.1, 0.15) is 0 Å². The zero-order valence-corrected chi connectivity index (χ0v) is 9.90. The maximum Gasteiger partial charge on any atom is 0.239 e. The molecule has 0 aliphatic heterocycles. The number of nitrogens with one attached hydrogen (secondary N) is 1. The minimum absolute atomic E-state index is 0.163. The molecule has 1 N–H and O–H groups in total. The number of benzene rings is 1. The Balaban J connectivity index is 3.05. The van der Waals surface area contributed by atoms with Crippen LogP contribution in [0.25, 0.3) is 0 Å². The molecule has 0 aromatic heterocycles. The average Bonchev–Trinajstić information content (AvgIpc) is 2.15. The first-order valence-corrected chi connectivity index (χ1v) is 6.62. The Hall–Kier alpha value is -1.14. The first-order valence-electron chi connectivity index (χ1n) is 4.20. The second-order valence-electron chi connectivity index (χ2n) is 3.10. The highest BCUT2D eigenvalue weighted by Crippen LogP contribution is 2.18. The summed E-state index contributed by atoms with van der Waals surface area (Å²) in [6.45, 7) is 0. The quantitative estimate of drug-likeness (QED) is 0.841. The molecule has 7 heteroatoms. The van der Waals surface area contributed by atoms with Crippen LogP contribution in [0.15, 0.2) is 23.1 Å². The molecule has 0 unspecified atom stereocenters. The summed E-state index contributed by atoms with van der Waals surface area (Å²) in [6.07, 6.45) is 0.905. The second-order valence-corrected chi connectivity index (χ2v) is 5.35. The third kappa shape index (κ3) is 3.18. The fraction of sp³-hybridized carbons (Fsp3) is 0.222. The first-order chi connectivity index (χ1) is 7.34. The third-order valence-electron chi connectivity index (χ3n) is 1.74. The minimum Gasteiger partial charge on any atom is -0.325 e. The molecule has 4 nitrogen and oxygen atoms in total. The van der Waals surface area contributed by atoms with Crippen LogP contribution in [0.3, 0.4) is 0 Å². The van der Waals surface area contributed by atoms with E-state index in [1.54, 1.807) is 0 Å². The number of carbonyl (C=O) groups excluding carboxylic acids is 1. The van der Waals surface area contributed by atoms with E-state index in [0.29, 0.717) is 0 Å². The molecule has 0 radical (unpaired) electrons. The van der Waals surface area contributed by atoms with Crippen molar-refractivity contribution in [3.8, 4) is 0 Å². The van der Waals surface area contributed by atoms with Gasteiger partial charge in [-0.1, -0.05) is 0 Å². The van der Waals surface area contributed by atoms with Gasteiger partial charge in [-0.05, 0) is 18.2 Å². The van der Waals surface area contributed by atoms with Crippen LogP contribution < -0.4 is 5.32 Å². The SMILES string of the molecule is CS(=O)(=O)c1ccc(NC(=O)CCl)cc1F. The van der Waals surface area contributed by atoms with E-state index in [-0.39, 0.29) is 11.6 Å². The maximum absolute atomic E-state index is 13.3. The average molecular weight is 266 g/mol. The third-order valence-corrected chi connectivity index (χ3v) is 3.11. The summed E-state index contributed by atoms with van der Waals surface area (Å²) < 4.78 is 35.5. The summed E-state index contributed by atoms with van der Waals surface area (Å²) in [5.74, 6) is -1.65. The Morgan fingerprint density at radius 2 is 2.12 bits per heavy atom. The van der Waals surface area contributed by atoms with Crippen LogP contribution >= 0.6 is 11.6 Å². The molecule has 0 fully saturated rings. The molecule has 1 aromatic carbocycles. The van der Waals surface area contributed by atoms with Crippen molar-refractivity contribution in [3.05, 3.63) is 24.0 Å². The summed E-state index contributed by atoms with van der Waals surface area (Å²) in [7, 11) is -3.60. The topological polar surface area (TPSA) is 63.2 Å². The van der Waals surface area contributed by atoms with E-state index in [4.69, 9.17) is 11.6 Å². The van der Waals surface area contributed by atoms with Crippen LogP contribution in [0.4, 0.5) is 10.1 Å². The molecule has 0 atom stereocenters. The van der Waals surface area contributed by atoms with Crippen molar-refractivity contribution in [2.75, 3.05) is 17.5 Å². The lowest BCUT2D eigenvalue weighted by molar-refractivity contribution is -0.113. The van der Waals surface area contributed by atoms with Gasteiger partial charge in [0.1, 0.15) is 16.6 Å². The highest BCUT2D eigenvalue weighted by atomic mass is 35.5. The van der Waals surface area contributed by atoms with Gasteiger partial charge in [0.25, 0.3) is 0 Å². The van der Waals surface area contributed by atoms with Crippen molar-refractivity contribution in [2.24, 2.45) is 0 Å². The van der Waals surface area contributed by atoms with Crippen LogP contribution in [0.2, 0.25) is 0 Å². The van der Waals surface area contributed by atoms with E-state index in [9.17, 15) is 17.6 Å². The van der Waals surface area contributed by atoms with Crippen molar-refractivity contribution >= 4 is 33.0 Å². The molecule has 1 rings (SSSR count). The van der Waals surface area contributed by atoms with Gasteiger partial charge in [0.2, 0.25) is 5.91 Å². The van der Waals surface area contributed by atoms with Crippen LogP contribution in [-0.4, -0.2) is 26.5 Å². The molecule has 0 heterocycles. The Morgan fingerprint density at radius 3 is 2.56 bits per heavy atom. The molecule has 0 spiro atoms. The van der Waals surface area contributed by atoms with Gasteiger partial charge in [0.15, 0.2) is 9.84 Å². The molecular weight excluding hydrogens is 257 g/mol. The first kappa shape index (κ1) is 12.9. The van der Waals surface area contributed by atoms with E-state index < -0.39 is 26.5 Å². The van der Waals surface area contributed by atoms with E-state index in [1.807, 2.05) is 0 Å². The van der Waals surface area contributed by atoms with Crippen molar-refractivity contribution in [2.45, 2.75) is 4.90 Å². The van der Waals surface area contributed by atoms with E-state index in [0.717, 1.165) is 18.4 Å². The van der Waals surface area contributed by atoms with Crippen LogP contribution in [0.5, 0.6) is 0 Å². The molecule has 0 saturated heterocycles. The number of alkyl halides is 1. The molecule has 0 aliphatic carbocycles. The van der Waals surface area contributed by atoms with Gasteiger partial charge < -0.3 is 5.32 Å². The summed E-state index contributed by atoms with van der Waals surface area (Å²) in [5.41, 5.74) is 0.163. The molecule has 1 amide bonds. The van der Waals surface area contributed by atoms with Gasteiger partial charge in [-0.3, -0.25) is 4.79 Å². The zero-order valence-electron chi connectivity index (χ0n) is 8.33. The number of amides is 1. The molecule has 88 valence electrons. The second kappa shape index (κ2) is 4.80. The highest BCUT2D eigenvalue weighted by Gasteiger charge is 2.14. The number of hydrogen-bond donors (Lipinski definition) is 1. The predicted molar refractivity (Wildman–Crippen MR) is 58.9 cm³/mol. The van der Waals surface area contributed by atoms with E-state index in [1.165, 1.54) is 6.07 Å². The Bertz CT molecular complexity index is 515. The van der Waals surface area contributed by atoms with Crippen LogP contribution in [-0.2, 0) is 14.6 Å². The summed E-state index contributed by atoms with van der Waals surface area (Å²) in [5, 5.41) is 2.31. The van der Waals surface area contributed by atoms with Gasteiger partial charge in [-0.2, -0.15) is 0 Å². The lowest BCUT2D eigenvalue weighted by Gasteiger charge is -2.05. The van der Waals surface area contributed by atoms with Gasteiger partial charge in [-0.15, -0.1) is 11.6 Å². The molecule has 0 bridgehead atoms. The lowest BCUT2D eigenvalue weighted by Crippen LogP contribution is -2.13. The smallest absolute Gasteiger partial charge is 0.239 e. The summed E-state index contributed by atoms with van der Waals surface area (Å²) in [4.78, 5) is 10.5. The maximum atomic E-state index is 13.3. The molecular formula is C9H9ClFNO3S. The number of rotatable bonds is 3. The minimum atomic E-state index is -3.60. The zero-order chi connectivity index (χ0) is 12.3. The lowest BCUT2D eigenvalue weighted by atomic mass is 10.3. The molecule has 0 aliphatic rings. The Kier molecular flexibility index (Phi) is 3.88. The number of hydrogen-bond acceptors (Lipinski definition) is 3. The number of halogens is 2. The molecule has 0 saturated carbocycles. The van der Waals surface area contributed by atoms with Crippen molar-refractivity contribution in [1.29, 1.82) is 0 Å². The van der Waals surface area contributed by atoms with Crippen LogP contribution in [0, 0.1) is 5.82 Å². The largest absolute Gasteiger partial charge is 0.325 e. The fourth-order valence-electron chi connectivity index (χ4n) is 1.07. The highest BCUT2D eigenvalue weighted by molar-refractivity contribution is 7.90. The van der Waals surface area contributed by atoms with Gasteiger partial charge in [-0.25, -0.2) is 12.8 Å². The number of carbonyl (C=O) groups is 1. The fourth-order valence-corrected chi connectivity index (χ4v) is 1.87. The van der Waals surface area contributed by atoms with Crippen molar-refractivity contribution in [1.82, 2.24) is 0 Å². The monoisotopic (exact) mass is 265 g/mol. The Labute approximate surface area is 97.3 Å². The van der Waals surface area contributed by atoms with Crippen molar-refractivity contribution < 1.29 is 17.6 Å².